The second kappa shape index (κ2) is 9.19. The number of hydrogen-bond acceptors (Lipinski definition) is 5. The summed E-state index contributed by atoms with van der Waals surface area (Å²) in [5.41, 5.74) is -0.969. The molecule has 0 aliphatic heterocycles. The maximum absolute atomic E-state index is 13.0. The number of aromatic nitrogens is 3. The van der Waals surface area contributed by atoms with Crippen LogP contribution in [0.4, 0.5) is 18.9 Å². The van der Waals surface area contributed by atoms with E-state index in [1.165, 1.54) is 22.7 Å². The van der Waals surface area contributed by atoms with Crippen LogP contribution >= 0.6 is 34.7 Å². The molecule has 29 heavy (non-hydrogen) atoms. The van der Waals surface area contributed by atoms with Crippen LogP contribution in [-0.4, -0.2) is 25.9 Å². The molecule has 0 radical (unpaired) electrons. The van der Waals surface area contributed by atoms with E-state index in [4.69, 9.17) is 11.6 Å². The van der Waals surface area contributed by atoms with Crippen molar-refractivity contribution < 1.29 is 18.0 Å². The van der Waals surface area contributed by atoms with Gasteiger partial charge < -0.3 is 9.88 Å². The van der Waals surface area contributed by atoms with Crippen molar-refractivity contribution in [1.29, 1.82) is 0 Å². The highest BCUT2D eigenvalue weighted by atomic mass is 35.5. The van der Waals surface area contributed by atoms with Gasteiger partial charge in [0.05, 0.1) is 15.8 Å². The van der Waals surface area contributed by atoms with Gasteiger partial charge in [0.2, 0.25) is 5.91 Å². The molecule has 0 saturated carbocycles. The zero-order valence-corrected chi connectivity index (χ0v) is 17.5. The molecular weight excluding hydrogens is 445 g/mol. The topological polar surface area (TPSA) is 59.8 Å². The predicted molar refractivity (Wildman–Crippen MR) is 108 cm³/mol. The number of carbonyl (C=O) groups is 1. The van der Waals surface area contributed by atoms with Crippen LogP contribution in [-0.2, 0) is 23.9 Å². The number of anilines is 1. The third-order valence-corrected chi connectivity index (χ3v) is 6.31. The molecule has 2 heterocycles. The molecule has 0 aliphatic rings. The summed E-state index contributed by atoms with van der Waals surface area (Å²) in [4.78, 5) is 13.7. The molecule has 1 amide bonds. The molecule has 3 rings (SSSR count). The minimum atomic E-state index is -4.60. The van der Waals surface area contributed by atoms with E-state index >= 15 is 0 Å². The van der Waals surface area contributed by atoms with E-state index < -0.39 is 27.9 Å². The Morgan fingerprint density at radius 2 is 2.17 bits per heavy atom. The minimum Gasteiger partial charge on any atom is -0.325 e. The number of carbonyl (C=O) groups excluding carboxylic acids is 1. The van der Waals surface area contributed by atoms with E-state index in [9.17, 15) is 18.0 Å². The largest absolute Gasteiger partial charge is 0.417 e. The molecule has 1 unspecified atom stereocenters. The van der Waals surface area contributed by atoms with Crippen LogP contribution in [0.15, 0.2) is 47.2 Å². The maximum atomic E-state index is 13.0. The first-order valence-corrected chi connectivity index (χ1v) is 10.6. The highest BCUT2D eigenvalue weighted by Gasteiger charge is 2.33. The molecule has 1 aromatic carbocycles. The monoisotopic (exact) mass is 460 g/mol. The van der Waals surface area contributed by atoms with Gasteiger partial charge in [-0.05, 0) is 43.0 Å². The number of rotatable bonds is 7. The summed E-state index contributed by atoms with van der Waals surface area (Å²) >= 11 is 8.45. The summed E-state index contributed by atoms with van der Waals surface area (Å²) in [5.74, 6) is -0.446. The standard InChI is InChI=1S/C18H16ClF3N4OS2/c1-11(16(27)24-12-4-5-15(19)14(9-12)18(20,21)22)29-17-25-23-10-26(17)7-6-13-3-2-8-28-13/h2-5,8-11H,6-7H2,1H3,(H,24,27). The number of nitrogens with zero attached hydrogens (tertiary/aromatic N) is 3. The van der Waals surface area contributed by atoms with Gasteiger partial charge in [0.15, 0.2) is 5.16 Å². The number of thiophene rings is 1. The van der Waals surface area contributed by atoms with Gasteiger partial charge >= 0.3 is 6.18 Å². The molecule has 0 fully saturated rings. The number of aryl methyl sites for hydroxylation is 2. The highest BCUT2D eigenvalue weighted by Crippen LogP contribution is 2.36. The maximum Gasteiger partial charge on any atom is 0.417 e. The van der Waals surface area contributed by atoms with Crippen LogP contribution in [0, 0.1) is 0 Å². The number of nitrogens with one attached hydrogen (secondary N) is 1. The predicted octanol–water partition coefficient (Wildman–Crippen LogP) is 5.37. The Bertz CT molecular complexity index is 976. The van der Waals surface area contributed by atoms with Gasteiger partial charge in [-0.1, -0.05) is 29.4 Å². The lowest BCUT2D eigenvalue weighted by Gasteiger charge is -2.14. The van der Waals surface area contributed by atoms with Crippen molar-refractivity contribution in [2.24, 2.45) is 0 Å². The molecule has 0 aliphatic carbocycles. The van der Waals surface area contributed by atoms with Gasteiger partial charge in [-0.25, -0.2) is 0 Å². The lowest BCUT2D eigenvalue weighted by molar-refractivity contribution is -0.137. The van der Waals surface area contributed by atoms with Gasteiger partial charge in [0.1, 0.15) is 6.33 Å². The molecule has 11 heteroatoms. The first kappa shape index (κ1) is 21.7. The number of benzene rings is 1. The van der Waals surface area contributed by atoms with Gasteiger partial charge in [0, 0.05) is 17.1 Å². The first-order chi connectivity index (χ1) is 13.7. The fourth-order valence-electron chi connectivity index (χ4n) is 2.45. The van der Waals surface area contributed by atoms with Crippen molar-refractivity contribution in [3.63, 3.8) is 0 Å². The lowest BCUT2D eigenvalue weighted by atomic mass is 10.2. The summed E-state index contributed by atoms with van der Waals surface area (Å²) < 4.78 is 40.8. The second-order valence-electron chi connectivity index (χ2n) is 6.08. The average molecular weight is 461 g/mol. The molecule has 1 N–H and O–H groups in total. The molecule has 3 aromatic rings. The zero-order chi connectivity index (χ0) is 21.0. The number of thioether (sulfide) groups is 1. The van der Waals surface area contributed by atoms with Crippen molar-refractivity contribution in [1.82, 2.24) is 14.8 Å². The Hall–Kier alpha value is -2.04. The Kier molecular flexibility index (Phi) is 6.86. The van der Waals surface area contributed by atoms with E-state index in [1.807, 2.05) is 22.1 Å². The molecule has 2 aromatic heterocycles. The van der Waals surface area contributed by atoms with Crippen LogP contribution in [0.2, 0.25) is 5.02 Å². The third-order valence-electron chi connectivity index (χ3n) is 3.95. The number of alkyl halides is 3. The summed E-state index contributed by atoms with van der Waals surface area (Å²) in [6.07, 6.45) is -2.19. The van der Waals surface area contributed by atoms with E-state index in [2.05, 4.69) is 15.5 Å². The zero-order valence-electron chi connectivity index (χ0n) is 15.1. The number of hydrogen-bond donors (Lipinski definition) is 1. The molecule has 0 bridgehead atoms. The Morgan fingerprint density at radius 1 is 1.38 bits per heavy atom. The van der Waals surface area contributed by atoms with Gasteiger partial charge in [-0.2, -0.15) is 13.2 Å². The second-order valence-corrected chi connectivity index (χ2v) is 8.83. The summed E-state index contributed by atoms with van der Waals surface area (Å²) in [7, 11) is 0. The molecular formula is C18H16ClF3N4OS2. The van der Waals surface area contributed by atoms with E-state index in [-0.39, 0.29) is 5.69 Å². The number of halogens is 4. The van der Waals surface area contributed by atoms with E-state index in [0.717, 1.165) is 18.6 Å². The Morgan fingerprint density at radius 3 is 2.86 bits per heavy atom. The van der Waals surface area contributed by atoms with Crippen molar-refractivity contribution >= 4 is 46.3 Å². The third kappa shape index (κ3) is 5.74. The summed E-state index contributed by atoms with van der Waals surface area (Å²) in [5, 5.41) is 12.0. The van der Waals surface area contributed by atoms with Crippen LogP contribution in [0.3, 0.4) is 0 Å². The van der Waals surface area contributed by atoms with Gasteiger partial charge in [-0.3, -0.25) is 4.79 Å². The Labute approximate surface area is 178 Å². The van der Waals surface area contributed by atoms with E-state index in [0.29, 0.717) is 11.7 Å². The van der Waals surface area contributed by atoms with Crippen LogP contribution in [0.5, 0.6) is 0 Å². The smallest absolute Gasteiger partial charge is 0.325 e. The quantitative estimate of drug-likeness (QED) is 0.481. The van der Waals surface area contributed by atoms with Gasteiger partial charge in [-0.15, -0.1) is 21.5 Å². The van der Waals surface area contributed by atoms with Crippen molar-refractivity contribution in [3.05, 3.63) is 57.5 Å². The summed E-state index contributed by atoms with van der Waals surface area (Å²) in [6.45, 7) is 2.31. The van der Waals surface area contributed by atoms with Crippen molar-refractivity contribution in [2.45, 2.75) is 36.5 Å². The average Bonchev–Trinajstić information content (AvgIpc) is 3.32. The van der Waals surface area contributed by atoms with Gasteiger partial charge in [0.25, 0.3) is 0 Å². The molecule has 154 valence electrons. The normalized spacial score (nSPS) is 12.7. The molecule has 5 nitrogen and oxygen atoms in total. The van der Waals surface area contributed by atoms with Crippen LogP contribution < -0.4 is 5.32 Å². The van der Waals surface area contributed by atoms with Crippen molar-refractivity contribution in [2.75, 3.05) is 5.32 Å². The minimum absolute atomic E-state index is 0.0262. The Balaban J connectivity index is 1.62. The van der Waals surface area contributed by atoms with E-state index in [1.54, 1.807) is 24.6 Å². The molecule has 0 saturated heterocycles. The van der Waals surface area contributed by atoms with Crippen LogP contribution in [0.25, 0.3) is 0 Å². The van der Waals surface area contributed by atoms with Crippen LogP contribution in [0.1, 0.15) is 17.4 Å². The highest BCUT2D eigenvalue weighted by molar-refractivity contribution is 8.00. The number of amides is 1. The van der Waals surface area contributed by atoms with Crippen molar-refractivity contribution in [3.8, 4) is 0 Å². The molecule has 0 spiro atoms. The fraction of sp³-hybridized carbons (Fsp3) is 0.278. The SMILES string of the molecule is CC(Sc1nncn1CCc1cccs1)C(=O)Nc1ccc(Cl)c(C(F)(F)F)c1. The lowest BCUT2D eigenvalue weighted by Crippen LogP contribution is -2.23. The fourth-order valence-corrected chi connectivity index (χ4v) is 4.22. The summed E-state index contributed by atoms with van der Waals surface area (Å²) in [6, 6.07) is 7.28. The first-order valence-electron chi connectivity index (χ1n) is 8.48. The molecule has 1 atom stereocenters.